The van der Waals surface area contributed by atoms with Crippen LogP contribution in [0.4, 0.5) is 0 Å². The van der Waals surface area contributed by atoms with Gasteiger partial charge in [-0.15, -0.1) is 0 Å². The number of Topliss-reactive ketones (excluding diaryl/α,β-unsaturated/α-hetero) is 1. The highest BCUT2D eigenvalue weighted by Gasteiger charge is 2.39. The van der Waals surface area contributed by atoms with Gasteiger partial charge >= 0.3 is 0 Å². The molecule has 174 valence electrons. The molecule has 1 atom stereocenters. The van der Waals surface area contributed by atoms with E-state index in [1.807, 2.05) is 97.1 Å². The maximum atomic E-state index is 13.5. The fourth-order valence-corrected chi connectivity index (χ4v) is 5.07. The zero-order chi connectivity index (χ0) is 23.8. The summed E-state index contributed by atoms with van der Waals surface area (Å²) in [5.74, 6) is 0.237. The van der Waals surface area contributed by atoms with Crippen LogP contribution in [0.25, 0.3) is 16.8 Å². The minimum Gasteiger partial charge on any atom is -0.506 e. The highest BCUT2D eigenvalue weighted by atomic mass is 16.5. The van der Waals surface area contributed by atoms with E-state index in [2.05, 4.69) is 5.32 Å². The van der Waals surface area contributed by atoms with Gasteiger partial charge in [0.05, 0.1) is 17.7 Å². The van der Waals surface area contributed by atoms with Crippen LogP contribution in [0, 0.1) is 0 Å². The molecule has 0 amide bonds. The standard InChI is InChI=1S/C30H25NO4/c32-27-24-15-16-30(20-9-3-1-4-10-20,21-11-5-2-6-12-21)35-29(24)23-14-8-7-13-22(23)26(27)28(33)25-19-31-17-18-34-25/h1-16,25,31-32H,17-19H2. The second-order valence-corrected chi connectivity index (χ2v) is 8.84. The summed E-state index contributed by atoms with van der Waals surface area (Å²) in [5, 5.41) is 16.0. The van der Waals surface area contributed by atoms with Crippen LogP contribution in [-0.4, -0.2) is 36.7 Å². The Bertz CT molecular complexity index is 1380. The maximum absolute atomic E-state index is 13.5. The Labute approximate surface area is 203 Å². The van der Waals surface area contributed by atoms with E-state index in [0.29, 0.717) is 36.4 Å². The third kappa shape index (κ3) is 3.52. The summed E-state index contributed by atoms with van der Waals surface area (Å²) in [5.41, 5.74) is 1.83. The van der Waals surface area contributed by atoms with Crippen molar-refractivity contribution in [2.75, 3.05) is 19.7 Å². The van der Waals surface area contributed by atoms with E-state index in [1.165, 1.54) is 0 Å². The van der Waals surface area contributed by atoms with Crippen molar-refractivity contribution >= 4 is 22.6 Å². The van der Waals surface area contributed by atoms with Gasteiger partial charge in [-0.3, -0.25) is 4.79 Å². The van der Waals surface area contributed by atoms with Crippen molar-refractivity contribution in [2.24, 2.45) is 0 Å². The molecule has 2 aliphatic rings. The molecule has 0 aromatic heterocycles. The fourth-order valence-electron chi connectivity index (χ4n) is 5.07. The average molecular weight is 464 g/mol. The lowest BCUT2D eigenvalue weighted by Gasteiger charge is -2.37. The number of carbonyl (C=O) groups is 1. The number of morpholine rings is 1. The average Bonchev–Trinajstić information content (AvgIpc) is 2.94. The highest BCUT2D eigenvalue weighted by molar-refractivity contribution is 6.15. The number of phenols is 1. The van der Waals surface area contributed by atoms with Gasteiger partial charge in [-0.2, -0.15) is 0 Å². The molecular weight excluding hydrogens is 438 g/mol. The number of fused-ring (bicyclic) bond motifs is 3. The Morgan fingerprint density at radius 3 is 2.14 bits per heavy atom. The minimum atomic E-state index is -0.882. The molecule has 1 fully saturated rings. The number of hydrogen-bond donors (Lipinski definition) is 2. The van der Waals surface area contributed by atoms with Gasteiger partial charge < -0.3 is 19.9 Å². The first kappa shape index (κ1) is 21.6. The van der Waals surface area contributed by atoms with Crippen LogP contribution in [0.5, 0.6) is 11.5 Å². The smallest absolute Gasteiger partial charge is 0.197 e. The first-order chi connectivity index (χ1) is 17.2. The van der Waals surface area contributed by atoms with E-state index in [1.54, 1.807) is 0 Å². The number of hydrogen-bond acceptors (Lipinski definition) is 5. The molecule has 35 heavy (non-hydrogen) atoms. The van der Waals surface area contributed by atoms with Gasteiger partial charge in [0.25, 0.3) is 0 Å². The Kier molecular flexibility index (Phi) is 5.36. The van der Waals surface area contributed by atoms with Crippen LogP contribution in [0.2, 0.25) is 0 Å². The number of ketones is 1. The molecule has 6 rings (SSSR count). The molecule has 0 spiro atoms. The van der Waals surface area contributed by atoms with Crippen LogP contribution in [0.1, 0.15) is 27.0 Å². The topological polar surface area (TPSA) is 67.8 Å². The van der Waals surface area contributed by atoms with Crippen LogP contribution in [0.3, 0.4) is 0 Å². The third-order valence-corrected chi connectivity index (χ3v) is 6.80. The van der Waals surface area contributed by atoms with Crippen molar-refractivity contribution in [3.05, 3.63) is 113 Å². The molecule has 2 aliphatic heterocycles. The van der Waals surface area contributed by atoms with Gasteiger partial charge in [0.15, 0.2) is 11.4 Å². The molecule has 0 radical (unpaired) electrons. The number of rotatable bonds is 4. The van der Waals surface area contributed by atoms with Crippen LogP contribution >= 0.6 is 0 Å². The van der Waals surface area contributed by atoms with E-state index >= 15 is 0 Å². The molecule has 2 heterocycles. The van der Waals surface area contributed by atoms with E-state index in [9.17, 15) is 9.90 Å². The van der Waals surface area contributed by atoms with Crippen molar-refractivity contribution < 1.29 is 19.4 Å². The molecule has 5 heteroatoms. The number of benzene rings is 4. The molecular formula is C30H25NO4. The number of carbonyl (C=O) groups excluding carboxylic acids is 1. The van der Waals surface area contributed by atoms with Crippen molar-refractivity contribution in [3.8, 4) is 11.5 Å². The van der Waals surface area contributed by atoms with Gasteiger partial charge in [0.2, 0.25) is 0 Å². The molecule has 0 aliphatic carbocycles. The first-order valence-corrected chi connectivity index (χ1v) is 11.8. The molecule has 4 aromatic rings. The quantitative estimate of drug-likeness (QED) is 0.414. The van der Waals surface area contributed by atoms with Crippen molar-refractivity contribution in [3.63, 3.8) is 0 Å². The van der Waals surface area contributed by atoms with Gasteiger partial charge in [-0.1, -0.05) is 84.9 Å². The number of aromatic hydroxyl groups is 1. The first-order valence-electron chi connectivity index (χ1n) is 11.8. The molecule has 1 saturated heterocycles. The van der Waals surface area contributed by atoms with Gasteiger partial charge in [-0.25, -0.2) is 0 Å². The number of nitrogens with one attached hydrogen (secondary N) is 1. The molecule has 2 N–H and O–H groups in total. The fraction of sp³-hybridized carbons (Fsp3) is 0.167. The second-order valence-electron chi connectivity index (χ2n) is 8.84. The number of phenolic OH excluding ortho intramolecular Hbond substituents is 1. The van der Waals surface area contributed by atoms with Gasteiger partial charge in [-0.05, 0) is 12.2 Å². The lowest BCUT2D eigenvalue weighted by Crippen LogP contribution is -2.43. The Morgan fingerprint density at radius 1 is 0.886 bits per heavy atom. The molecule has 0 saturated carbocycles. The van der Waals surface area contributed by atoms with Crippen LogP contribution in [-0.2, 0) is 10.3 Å². The van der Waals surface area contributed by atoms with E-state index in [4.69, 9.17) is 9.47 Å². The Hall–Kier alpha value is -3.93. The maximum Gasteiger partial charge on any atom is 0.197 e. The van der Waals surface area contributed by atoms with E-state index < -0.39 is 11.7 Å². The van der Waals surface area contributed by atoms with Crippen molar-refractivity contribution in [1.29, 1.82) is 0 Å². The monoisotopic (exact) mass is 463 g/mol. The summed E-state index contributed by atoms with van der Waals surface area (Å²) in [6, 6.07) is 27.6. The lowest BCUT2D eigenvalue weighted by molar-refractivity contribution is 0.0269. The summed E-state index contributed by atoms with van der Waals surface area (Å²) < 4.78 is 12.6. The zero-order valence-corrected chi connectivity index (χ0v) is 19.1. The normalized spacial score (nSPS) is 18.6. The van der Waals surface area contributed by atoms with E-state index in [0.717, 1.165) is 16.5 Å². The Morgan fingerprint density at radius 2 is 1.51 bits per heavy atom. The van der Waals surface area contributed by atoms with Crippen LogP contribution < -0.4 is 10.1 Å². The molecule has 0 bridgehead atoms. The second kappa shape index (κ2) is 8.69. The predicted octanol–water partition coefficient (Wildman–Crippen LogP) is 5.07. The third-order valence-electron chi connectivity index (χ3n) is 6.80. The van der Waals surface area contributed by atoms with Crippen molar-refractivity contribution in [1.82, 2.24) is 5.32 Å². The van der Waals surface area contributed by atoms with Gasteiger partial charge in [0.1, 0.15) is 17.6 Å². The summed E-state index contributed by atoms with van der Waals surface area (Å²) >= 11 is 0. The Balaban J connectivity index is 1.57. The summed E-state index contributed by atoms with van der Waals surface area (Å²) in [6.07, 6.45) is 3.19. The molecule has 4 aromatic carbocycles. The van der Waals surface area contributed by atoms with Crippen molar-refractivity contribution in [2.45, 2.75) is 11.7 Å². The molecule has 5 nitrogen and oxygen atoms in total. The summed E-state index contributed by atoms with van der Waals surface area (Å²) in [6.45, 7) is 1.58. The van der Waals surface area contributed by atoms with Crippen LogP contribution in [0.15, 0.2) is 91.0 Å². The largest absolute Gasteiger partial charge is 0.506 e. The highest BCUT2D eigenvalue weighted by Crippen LogP contribution is 2.49. The molecule has 1 unspecified atom stereocenters. The zero-order valence-electron chi connectivity index (χ0n) is 19.1. The summed E-state index contributed by atoms with van der Waals surface area (Å²) in [7, 11) is 0. The minimum absolute atomic E-state index is 0.0798. The predicted molar refractivity (Wildman–Crippen MR) is 136 cm³/mol. The summed E-state index contributed by atoms with van der Waals surface area (Å²) in [4.78, 5) is 13.5. The lowest BCUT2D eigenvalue weighted by atomic mass is 9.82. The number of ether oxygens (including phenoxy) is 2. The SMILES string of the molecule is O=C(c1c(O)c2c(c3ccccc13)OC(c1ccccc1)(c1ccccc1)C=C2)C1CNCCO1. The van der Waals surface area contributed by atoms with E-state index in [-0.39, 0.29) is 17.1 Å². The van der Waals surface area contributed by atoms with Gasteiger partial charge in [0, 0.05) is 35.0 Å².